The fourth-order valence-corrected chi connectivity index (χ4v) is 2.74. The molecule has 0 bridgehead atoms. The van der Waals surface area contributed by atoms with E-state index in [2.05, 4.69) is 10.1 Å². The molecule has 0 unspecified atom stereocenters. The third-order valence-corrected chi connectivity index (χ3v) is 3.97. The summed E-state index contributed by atoms with van der Waals surface area (Å²) in [5, 5.41) is 3.91. The predicted octanol–water partition coefficient (Wildman–Crippen LogP) is 2.83. The van der Waals surface area contributed by atoms with Crippen LogP contribution in [-0.2, 0) is 4.79 Å². The van der Waals surface area contributed by atoms with Gasteiger partial charge in [-0.2, -0.15) is 4.98 Å². The van der Waals surface area contributed by atoms with Crippen LogP contribution in [0.5, 0.6) is 5.75 Å². The summed E-state index contributed by atoms with van der Waals surface area (Å²) in [6.45, 7) is 3.43. The van der Waals surface area contributed by atoms with Crippen LogP contribution in [0.1, 0.15) is 31.6 Å². The summed E-state index contributed by atoms with van der Waals surface area (Å²) in [6.07, 6.45) is 4.55. The van der Waals surface area contributed by atoms with E-state index in [4.69, 9.17) is 9.26 Å². The van der Waals surface area contributed by atoms with Crippen LogP contribution in [0.4, 0.5) is 0 Å². The quantitative estimate of drug-likeness (QED) is 0.868. The Morgan fingerprint density at radius 2 is 1.96 bits per heavy atom. The molecule has 0 spiro atoms. The highest BCUT2D eigenvalue weighted by molar-refractivity contribution is 5.78. The number of carbonyl (C=O) groups excluding carboxylic acids is 1. The minimum Gasteiger partial charge on any atom is -0.483 e. The van der Waals surface area contributed by atoms with Gasteiger partial charge in [0.25, 0.3) is 5.91 Å². The third kappa shape index (κ3) is 3.88. The van der Waals surface area contributed by atoms with Crippen LogP contribution < -0.4 is 4.74 Å². The molecular weight excluding hydrogens is 294 g/mol. The second-order valence-electron chi connectivity index (χ2n) is 5.72. The van der Waals surface area contributed by atoms with Crippen molar-refractivity contribution in [2.75, 3.05) is 19.7 Å². The minimum absolute atomic E-state index is 0.0333. The standard InChI is InChI=1S/C17H21N3O3/c1-13-18-17(19-23-13)14-8-4-5-9-15(14)22-12-16(21)20-10-6-2-3-7-11-20/h4-5,8-9H,2-3,6-7,10-12H2,1H3. The van der Waals surface area contributed by atoms with Crippen molar-refractivity contribution in [3.63, 3.8) is 0 Å². The fraction of sp³-hybridized carbons (Fsp3) is 0.471. The summed E-state index contributed by atoms with van der Waals surface area (Å²) >= 11 is 0. The number of aryl methyl sites for hydroxylation is 1. The van der Waals surface area contributed by atoms with E-state index in [1.807, 2.05) is 29.2 Å². The number of likely N-dealkylation sites (tertiary alicyclic amines) is 1. The fourth-order valence-electron chi connectivity index (χ4n) is 2.74. The first kappa shape index (κ1) is 15.5. The Morgan fingerprint density at radius 3 is 2.65 bits per heavy atom. The molecular formula is C17H21N3O3. The Hall–Kier alpha value is -2.37. The summed E-state index contributed by atoms with van der Waals surface area (Å²) in [7, 11) is 0. The van der Waals surface area contributed by atoms with Gasteiger partial charge in [-0.1, -0.05) is 30.1 Å². The zero-order valence-corrected chi connectivity index (χ0v) is 13.3. The molecule has 6 nitrogen and oxygen atoms in total. The summed E-state index contributed by atoms with van der Waals surface area (Å²) < 4.78 is 10.8. The lowest BCUT2D eigenvalue weighted by molar-refractivity contribution is -0.133. The number of hydrogen-bond acceptors (Lipinski definition) is 5. The van der Waals surface area contributed by atoms with Crippen molar-refractivity contribution >= 4 is 5.91 Å². The number of aromatic nitrogens is 2. The largest absolute Gasteiger partial charge is 0.483 e. The molecule has 0 atom stereocenters. The minimum atomic E-state index is 0.0333. The Balaban J connectivity index is 1.67. The molecule has 1 aromatic heterocycles. The van der Waals surface area contributed by atoms with Crippen molar-refractivity contribution in [1.82, 2.24) is 15.0 Å². The number of ether oxygens (including phenoxy) is 1. The highest BCUT2D eigenvalue weighted by atomic mass is 16.5. The van der Waals surface area contributed by atoms with E-state index in [0.29, 0.717) is 17.5 Å². The van der Waals surface area contributed by atoms with Crippen molar-refractivity contribution in [2.45, 2.75) is 32.6 Å². The molecule has 1 aliphatic heterocycles. The van der Waals surface area contributed by atoms with Crippen LogP contribution in [0.25, 0.3) is 11.4 Å². The average molecular weight is 315 g/mol. The predicted molar refractivity (Wildman–Crippen MR) is 85.0 cm³/mol. The number of hydrogen-bond donors (Lipinski definition) is 0. The number of para-hydroxylation sites is 1. The van der Waals surface area contributed by atoms with Crippen molar-refractivity contribution in [3.05, 3.63) is 30.2 Å². The lowest BCUT2D eigenvalue weighted by Crippen LogP contribution is -2.35. The number of amides is 1. The zero-order chi connectivity index (χ0) is 16.1. The summed E-state index contributed by atoms with van der Waals surface area (Å²) in [5.41, 5.74) is 0.730. The summed E-state index contributed by atoms with van der Waals surface area (Å²) in [6, 6.07) is 7.42. The molecule has 122 valence electrons. The van der Waals surface area contributed by atoms with E-state index in [-0.39, 0.29) is 12.5 Å². The third-order valence-electron chi connectivity index (χ3n) is 3.97. The van der Waals surface area contributed by atoms with Gasteiger partial charge in [-0.25, -0.2) is 0 Å². The zero-order valence-electron chi connectivity index (χ0n) is 13.3. The molecule has 0 aliphatic carbocycles. The van der Waals surface area contributed by atoms with Crippen LogP contribution >= 0.6 is 0 Å². The topological polar surface area (TPSA) is 68.5 Å². The van der Waals surface area contributed by atoms with Gasteiger partial charge in [0.05, 0.1) is 5.56 Å². The van der Waals surface area contributed by atoms with Gasteiger partial charge < -0.3 is 14.2 Å². The molecule has 1 aromatic carbocycles. The SMILES string of the molecule is Cc1nc(-c2ccccc2OCC(=O)N2CCCCCC2)no1. The van der Waals surface area contributed by atoms with Gasteiger partial charge in [-0.3, -0.25) is 4.79 Å². The molecule has 0 N–H and O–H groups in total. The number of carbonyl (C=O) groups is 1. The molecule has 0 radical (unpaired) electrons. The van der Waals surface area contributed by atoms with Crippen molar-refractivity contribution < 1.29 is 14.1 Å². The van der Waals surface area contributed by atoms with E-state index in [9.17, 15) is 4.79 Å². The average Bonchev–Trinajstić information content (AvgIpc) is 2.83. The van der Waals surface area contributed by atoms with Gasteiger partial charge in [0.1, 0.15) is 5.75 Å². The van der Waals surface area contributed by atoms with Gasteiger partial charge in [0.2, 0.25) is 11.7 Å². The molecule has 1 fully saturated rings. The maximum atomic E-state index is 12.3. The Morgan fingerprint density at radius 1 is 1.22 bits per heavy atom. The van der Waals surface area contributed by atoms with Crippen LogP contribution in [0.15, 0.2) is 28.8 Å². The van der Waals surface area contributed by atoms with E-state index >= 15 is 0 Å². The van der Waals surface area contributed by atoms with E-state index in [1.165, 1.54) is 12.8 Å². The van der Waals surface area contributed by atoms with Crippen LogP contribution in [0.3, 0.4) is 0 Å². The summed E-state index contributed by atoms with van der Waals surface area (Å²) in [4.78, 5) is 18.4. The number of rotatable bonds is 4. The van der Waals surface area contributed by atoms with E-state index in [1.54, 1.807) is 6.92 Å². The molecule has 2 aromatic rings. The molecule has 1 saturated heterocycles. The Kier molecular flexibility index (Phi) is 4.90. The second kappa shape index (κ2) is 7.26. The first-order valence-corrected chi connectivity index (χ1v) is 8.04. The molecule has 23 heavy (non-hydrogen) atoms. The van der Waals surface area contributed by atoms with E-state index in [0.717, 1.165) is 31.5 Å². The van der Waals surface area contributed by atoms with E-state index < -0.39 is 0 Å². The second-order valence-corrected chi connectivity index (χ2v) is 5.72. The van der Waals surface area contributed by atoms with Gasteiger partial charge >= 0.3 is 0 Å². The Labute approximate surface area is 135 Å². The van der Waals surface area contributed by atoms with Gasteiger partial charge in [0.15, 0.2) is 6.61 Å². The van der Waals surface area contributed by atoms with Gasteiger partial charge in [-0.15, -0.1) is 0 Å². The lowest BCUT2D eigenvalue weighted by atomic mass is 10.2. The van der Waals surface area contributed by atoms with Crippen molar-refractivity contribution in [3.8, 4) is 17.1 Å². The normalized spacial score (nSPS) is 15.3. The van der Waals surface area contributed by atoms with Crippen LogP contribution in [-0.4, -0.2) is 40.6 Å². The summed E-state index contributed by atoms with van der Waals surface area (Å²) in [5.74, 6) is 1.60. The molecule has 1 amide bonds. The first-order valence-electron chi connectivity index (χ1n) is 8.04. The smallest absolute Gasteiger partial charge is 0.260 e. The maximum Gasteiger partial charge on any atom is 0.260 e. The van der Waals surface area contributed by atoms with Crippen molar-refractivity contribution in [1.29, 1.82) is 0 Å². The van der Waals surface area contributed by atoms with Gasteiger partial charge in [0, 0.05) is 20.0 Å². The number of benzene rings is 1. The molecule has 3 rings (SSSR count). The van der Waals surface area contributed by atoms with Crippen molar-refractivity contribution in [2.24, 2.45) is 0 Å². The molecule has 6 heteroatoms. The first-order chi connectivity index (χ1) is 11.2. The molecule has 1 aliphatic rings. The highest BCUT2D eigenvalue weighted by Crippen LogP contribution is 2.27. The lowest BCUT2D eigenvalue weighted by Gasteiger charge is -2.20. The maximum absolute atomic E-state index is 12.3. The highest BCUT2D eigenvalue weighted by Gasteiger charge is 2.17. The van der Waals surface area contributed by atoms with Crippen LogP contribution in [0.2, 0.25) is 0 Å². The Bertz CT molecular complexity index is 661. The van der Waals surface area contributed by atoms with Gasteiger partial charge in [-0.05, 0) is 25.0 Å². The monoisotopic (exact) mass is 315 g/mol. The number of nitrogens with zero attached hydrogens (tertiary/aromatic N) is 3. The molecule has 2 heterocycles. The van der Waals surface area contributed by atoms with Crippen LogP contribution in [0, 0.1) is 6.92 Å². The molecule has 0 saturated carbocycles.